The van der Waals surface area contributed by atoms with Crippen LogP contribution in [0, 0.1) is 0 Å². The molecule has 0 unspecified atom stereocenters. The fourth-order valence-electron chi connectivity index (χ4n) is 1.26. The number of carboxylic acid groups (broad SMARTS) is 1. The van der Waals surface area contributed by atoms with Gasteiger partial charge in [0.25, 0.3) is 5.91 Å². The van der Waals surface area contributed by atoms with E-state index in [1.807, 2.05) is 0 Å². The van der Waals surface area contributed by atoms with Crippen LogP contribution in [0.25, 0.3) is 0 Å². The van der Waals surface area contributed by atoms with Crippen molar-refractivity contribution in [1.29, 1.82) is 0 Å². The van der Waals surface area contributed by atoms with E-state index in [2.05, 4.69) is 10.3 Å². The van der Waals surface area contributed by atoms with Crippen LogP contribution in [0.2, 0.25) is 0 Å². The molecule has 2 N–H and O–H groups in total. The molecular formula is C12H15N3O4. The molecule has 2 amide bonds. The molecule has 1 aromatic heterocycles. The predicted octanol–water partition coefficient (Wildman–Crippen LogP) is -0.0121. The van der Waals surface area contributed by atoms with E-state index < -0.39 is 11.9 Å². The van der Waals surface area contributed by atoms with Gasteiger partial charge in [0.15, 0.2) is 0 Å². The molecule has 0 aromatic carbocycles. The Labute approximate surface area is 110 Å². The van der Waals surface area contributed by atoms with E-state index in [0.29, 0.717) is 0 Å². The molecule has 0 fully saturated rings. The third-order valence-corrected chi connectivity index (χ3v) is 2.37. The van der Waals surface area contributed by atoms with E-state index >= 15 is 0 Å². The first kappa shape index (κ1) is 14.6. The van der Waals surface area contributed by atoms with Crippen LogP contribution in [-0.4, -0.2) is 53.4 Å². The molecule has 7 nitrogen and oxygen atoms in total. The van der Waals surface area contributed by atoms with Crippen molar-refractivity contribution < 1.29 is 19.5 Å². The van der Waals surface area contributed by atoms with Crippen molar-refractivity contribution in [3.05, 3.63) is 29.6 Å². The fraction of sp³-hybridized carbons (Fsp3) is 0.333. The average molecular weight is 265 g/mol. The third-order valence-electron chi connectivity index (χ3n) is 2.37. The Bertz CT molecular complexity index is 482. The van der Waals surface area contributed by atoms with Gasteiger partial charge in [-0.05, 0) is 12.1 Å². The van der Waals surface area contributed by atoms with Crippen LogP contribution in [-0.2, 0) is 4.79 Å². The van der Waals surface area contributed by atoms with Crippen molar-refractivity contribution in [3.8, 4) is 0 Å². The minimum absolute atomic E-state index is 0.0837. The second-order valence-electron chi connectivity index (χ2n) is 4.03. The average Bonchev–Trinajstić information content (AvgIpc) is 2.38. The second-order valence-corrected chi connectivity index (χ2v) is 4.03. The molecule has 1 aromatic rings. The molecule has 0 aliphatic heterocycles. The maximum atomic E-state index is 11.7. The summed E-state index contributed by atoms with van der Waals surface area (Å²) in [6.45, 7) is 0.219. The maximum Gasteiger partial charge on any atom is 0.354 e. The van der Waals surface area contributed by atoms with Crippen molar-refractivity contribution in [3.63, 3.8) is 0 Å². The number of hydrogen-bond donors (Lipinski definition) is 2. The number of aromatic nitrogens is 1. The van der Waals surface area contributed by atoms with Crippen molar-refractivity contribution in [2.24, 2.45) is 0 Å². The highest BCUT2D eigenvalue weighted by Crippen LogP contribution is 2.00. The molecule has 7 heteroatoms. The number of hydrogen-bond acceptors (Lipinski definition) is 4. The first-order valence-corrected chi connectivity index (χ1v) is 5.59. The Hall–Kier alpha value is -2.44. The molecule has 1 rings (SSSR count). The smallest absolute Gasteiger partial charge is 0.354 e. The van der Waals surface area contributed by atoms with E-state index in [1.54, 1.807) is 14.1 Å². The number of pyridine rings is 1. The van der Waals surface area contributed by atoms with Gasteiger partial charge in [0.05, 0.1) is 5.56 Å². The Kier molecular flexibility index (Phi) is 4.99. The van der Waals surface area contributed by atoms with Gasteiger partial charge < -0.3 is 15.3 Å². The number of amides is 2. The third kappa shape index (κ3) is 4.38. The van der Waals surface area contributed by atoms with Crippen LogP contribution in [0.3, 0.4) is 0 Å². The summed E-state index contributed by atoms with van der Waals surface area (Å²) in [5, 5.41) is 11.2. The number of carboxylic acids is 1. The summed E-state index contributed by atoms with van der Waals surface area (Å²) in [7, 11) is 3.28. The quantitative estimate of drug-likeness (QED) is 0.780. The number of carbonyl (C=O) groups excluding carboxylic acids is 2. The Balaban J connectivity index is 2.50. The summed E-state index contributed by atoms with van der Waals surface area (Å²) in [5.74, 6) is -1.63. The number of carbonyl (C=O) groups is 3. The van der Waals surface area contributed by atoms with Gasteiger partial charge in [-0.1, -0.05) is 0 Å². The fourth-order valence-corrected chi connectivity index (χ4v) is 1.26. The molecule has 0 aliphatic carbocycles. The minimum Gasteiger partial charge on any atom is -0.477 e. The van der Waals surface area contributed by atoms with E-state index in [0.717, 1.165) is 0 Å². The molecule has 0 saturated carbocycles. The highest BCUT2D eigenvalue weighted by Gasteiger charge is 2.10. The predicted molar refractivity (Wildman–Crippen MR) is 66.8 cm³/mol. The molecule has 19 heavy (non-hydrogen) atoms. The van der Waals surface area contributed by atoms with Crippen LogP contribution in [0.4, 0.5) is 0 Å². The van der Waals surface area contributed by atoms with E-state index in [-0.39, 0.29) is 30.1 Å². The van der Waals surface area contributed by atoms with E-state index in [1.165, 1.54) is 23.2 Å². The molecule has 0 radical (unpaired) electrons. The summed E-state index contributed by atoms with van der Waals surface area (Å²) in [4.78, 5) is 38.6. The lowest BCUT2D eigenvalue weighted by Gasteiger charge is -2.10. The second kappa shape index (κ2) is 6.48. The van der Waals surface area contributed by atoms with E-state index in [9.17, 15) is 14.4 Å². The monoisotopic (exact) mass is 265 g/mol. The molecule has 0 saturated heterocycles. The molecule has 102 valence electrons. The van der Waals surface area contributed by atoms with Crippen LogP contribution >= 0.6 is 0 Å². The lowest BCUT2D eigenvalue weighted by molar-refractivity contribution is -0.128. The zero-order chi connectivity index (χ0) is 14.4. The first-order valence-electron chi connectivity index (χ1n) is 5.59. The number of rotatable bonds is 5. The maximum absolute atomic E-state index is 11.7. The summed E-state index contributed by atoms with van der Waals surface area (Å²) >= 11 is 0. The Morgan fingerprint density at radius 3 is 2.47 bits per heavy atom. The largest absolute Gasteiger partial charge is 0.477 e. The van der Waals surface area contributed by atoms with Gasteiger partial charge in [0, 0.05) is 33.3 Å². The Morgan fingerprint density at radius 2 is 2.00 bits per heavy atom. The van der Waals surface area contributed by atoms with Gasteiger partial charge in [0.1, 0.15) is 5.69 Å². The van der Waals surface area contributed by atoms with Gasteiger partial charge in [-0.25, -0.2) is 9.78 Å². The first-order chi connectivity index (χ1) is 8.91. The zero-order valence-corrected chi connectivity index (χ0v) is 10.7. The van der Waals surface area contributed by atoms with Gasteiger partial charge >= 0.3 is 5.97 Å². The molecule has 0 bridgehead atoms. The molecule has 1 heterocycles. The van der Waals surface area contributed by atoms with Gasteiger partial charge in [-0.15, -0.1) is 0 Å². The normalized spacial score (nSPS) is 9.79. The minimum atomic E-state index is -1.15. The highest BCUT2D eigenvalue weighted by atomic mass is 16.4. The Morgan fingerprint density at radius 1 is 1.32 bits per heavy atom. The molecule has 0 spiro atoms. The van der Waals surface area contributed by atoms with Gasteiger partial charge in [0.2, 0.25) is 5.91 Å². The number of aromatic carboxylic acids is 1. The van der Waals surface area contributed by atoms with Crippen LogP contribution in [0.1, 0.15) is 27.3 Å². The highest BCUT2D eigenvalue weighted by molar-refractivity contribution is 5.95. The van der Waals surface area contributed by atoms with Gasteiger partial charge in [-0.3, -0.25) is 9.59 Å². The molecular weight excluding hydrogens is 250 g/mol. The SMILES string of the molecule is CN(C)C(=O)CCNC(=O)c1ccc(C(=O)O)nc1. The van der Waals surface area contributed by atoms with Crippen molar-refractivity contribution >= 4 is 17.8 Å². The van der Waals surface area contributed by atoms with Crippen molar-refractivity contribution in [2.45, 2.75) is 6.42 Å². The summed E-state index contributed by atoms with van der Waals surface area (Å²) in [6.07, 6.45) is 1.39. The van der Waals surface area contributed by atoms with Crippen molar-refractivity contribution in [1.82, 2.24) is 15.2 Å². The molecule has 0 atom stereocenters. The number of nitrogens with zero attached hydrogens (tertiary/aromatic N) is 2. The van der Waals surface area contributed by atoms with Crippen LogP contribution < -0.4 is 5.32 Å². The summed E-state index contributed by atoms with van der Waals surface area (Å²) in [5.41, 5.74) is 0.127. The van der Waals surface area contributed by atoms with Crippen molar-refractivity contribution in [2.75, 3.05) is 20.6 Å². The van der Waals surface area contributed by atoms with Gasteiger partial charge in [-0.2, -0.15) is 0 Å². The van der Waals surface area contributed by atoms with Crippen LogP contribution in [0.5, 0.6) is 0 Å². The summed E-state index contributed by atoms with van der Waals surface area (Å²) in [6, 6.07) is 2.63. The number of nitrogens with one attached hydrogen (secondary N) is 1. The lowest BCUT2D eigenvalue weighted by atomic mass is 10.2. The molecule has 0 aliphatic rings. The zero-order valence-electron chi connectivity index (χ0n) is 10.7. The van der Waals surface area contributed by atoms with E-state index in [4.69, 9.17) is 5.11 Å². The standard InChI is InChI=1S/C12H15N3O4/c1-15(2)10(16)5-6-13-11(17)8-3-4-9(12(18)19)14-7-8/h3-4,7H,5-6H2,1-2H3,(H,13,17)(H,18,19). The topological polar surface area (TPSA) is 99.6 Å². The van der Waals surface area contributed by atoms with Crippen LogP contribution in [0.15, 0.2) is 18.3 Å². The summed E-state index contributed by atoms with van der Waals surface area (Å²) < 4.78 is 0. The lowest BCUT2D eigenvalue weighted by Crippen LogP contribution is -2.30.